The summed E-state index contributed by atoms with van der Waals surface area (Å²) in [6, 6.07) is 8.17. The lowest BCUT2D eigenvalue weighted by Gasteiger charge is -2.19. The van der Waals surface area contributed by atoms with Gasteiger partial charge in [-0.05, 0) is 30.5 Å². The molecule has 2 atom stereocenters. The van der Waals surface area contributed by atoms with Crippen molar-refractivity contribution in [1.82, 2.24) is 10.2 Å². The number of methoxy groups -OCH3 is 1. The molecule has 1 N–H and O–H groups in total. The van der Waals surface area contributed by atoms with Crippen molar-refractivity contribution in [2.24, 2.45) is 11.8 Å². The molecule has 2 fully saturated rings. The lowest BCUT2D eigenvalue weighted by molar-refractivity contribution is -0.133. The summed E-state index contributed by atoms with van der Waals surface area (Å²) in [7, 11) is 1.64. The molecule has 0 aromatic heterocycles. The molecular formula is C19H26N2O3. The summed E-state index contributed by atoms with van der Waals surface area (Å²) < 4.78 is 5.32. The number of carbonyl (C=O) groups is 2. The van der Waals surface area contributed by atoms with Gasteiger partial charge in [-0.25, -0.2) is 0 Å². The monoisotopic (exact) mass is 330 g/mol. The maximum absolute atomic E-state index is 12.7. The number of benzene rings is 1. The number of likely N-dealkylation sites (tertiary alicyclic amines) is 1. The van der Waals surface area contributed by atoms with E-state index in [4.69, 9.17) is 4.74 Å². The standard InChI is InChI=1S/C19H26N2O3/c1-12(2)19(23)21-10-16(13-5-4-6-15(9-13)24-3)17(11-21)18(22)20-14-7-8-14/h4-6,9,12,14,16-17H,7-8,10-11H2,1-3H3,(H,20,22). The van der Waals surface area contributed by atoms with Crippen molar-refractivity contribution in [3.63, 3.8) is 0 Å². The summed E-state index contributed by atoms with van der Waals surface area (Å²) in [6.07, 6.45) is 2.13. The van der Waals surface area contributed by atoms with Crippen LogP contribution in [0.5, 0.6) is 5.75 Å². The van der Waals surface area contributed by atoms with Crippen molar-refractivity contribution in [2.75, 3.05) is 20.2 Å². The molecule has 2 aliphatic rings. The molecule has 1 aliphatic carbocycles. The molecule has 1 aromatic carbocycles. The molecule has 1 aliphatic heterocycles. The van der Waals surface area contributed by atoms with Crippen LogP contribution >= 0.6 is 0 Å². The second kappa shape index (κ2) is 6.83. The smallest absolute Gasteiger partial charge is 0.225 e. The van der Waals surface area contributed by atoms with Gasteiger partial charge in [0.1, 0.15) is 5.75 Å². The Morgan fingerprint density at radius 2 is 2.00 bits per heavy atom. The van der Waals surface area contributed by atoms with Gasteiger partial charge in [-0.1, -0.05) is 26.0 Å². The number of carbonyl (C=O) groups excluding carboxylic acids is 2. The maximum atomic E-state index is 12.7. The van der Waals surface area contributed by atoms with Gasteiger partial charge in [-0.3, -0.25) is 9.59 Å². The molecule has 0 bridgehead atoms. The van der Waals surface area contributed by atoms with E-state index in [2.05, 4.69) is 5.32 Å². The first-order valence-corrected chi connectivity index (χ1v) is 8.72. The third-order valence-electron chi connectivity index (χ3n) is 4.91. The largest absolute Gasteiger partial charge is 0.497 e. The van der Waals surface area contributed by atoms with Crippen molar-refractivity contribution in [3.05, 3.63) is 29.8 Å². The van der Waals surface area contributed by atoms with Crippen LogP contribution in [0.25, 0.3) is 0 Å². The van der Waals surface area contributed by atoms with E-state index < -0.39 is 0 Å². The number of amides is 2. The number of hydrogen-bond acceptors (Lipinski definition) is 3. The van der Waals surface area contributed by atoms with Gasteiger partial charge in [-0.15, -0.1) is 0 Å². The molecule has 0 spiro atoms. The Bertz CT molecular complexity index is 625. The molecule has 5 nitrogen and oxygen atoms in total. The Labute approximate surface area is 143 Å². The maximum Gasteiger partial charge on any atom is 0.225 e. The average molecular weight is 330 g/mol. The van der Waals surface area contributed by atoms with E-state index in [9.17, 15) is 9.59 Å². The van der Waals surface area contributed by atoms with Crippen LogP contribution in [0.2, 0.25) is 0 Å². The Kier molecular flexibility index (Phi) is 4.78. The minimum Gasteiger partial charge on any atom is -0.497 e. The van der Waals surface area contributed by atoms with Crippen LogP contribution in [0.4, 0.5) is 0 Å². The zero-order chi connectivity index (χ0) is 17.3. The normalized spacial score (nSPS) is 23.4. The second-order valence-electron chi connectivity index (χ2n) is 7.17. The zero-order valence-electron chi connectivity index (χ0n) is 14.6. The van der Waals surface area contributed by atoms with Gasteiger partial charge >= 0.3 is 0 Å². The fourth-order valence-electron chi connectivity index (χ4n) is 3.36. The Morgan fingerprint density at radius 3 is 2.62 bits per heavy atom. The second-order valence-corrected chi connectivity index (χ2v) is 7.17. The summed E-state index contributed by atoms with van der Waals surface area (Å²) in [5.74, 6) is 0.736. The highest BCUT2D eigenvalue weighted by atomic mass is 16.5. The molecule has 5 heteroatoms. The van der Waals surface area contributed by atoms with Crippen molar-refractivity contribution >= 4 is 11.8 Å². The molecule has 1 saturated heterocycles. The fraction of sp³-hybridized carbons (Fsp3) is 0.579. The lowest BCUT2D eigenvalue weighted by Crippen LogP contribution is -2.37. The van der Waals surface area contributed by atoms with E-state index in [1.807, 2.05) is 43.0 Å². The van der Waals surface area contributed by atoms with Crippen LogP contribution in [0.1, 0.15) is 38.2 Å². The number of ether oxygens (including phenoxy) is 1. The quantitative estimate of drug-likeness (QED) is 0.900. The van der Waals surface area contributed by atoms with Gasteiger partial charge in [0.2, 0.25) is 11.8 Å². The predicted octanol–water partition coefficient (Wildman–Crippen LogP) is 2.17. The summed E-state index contributed by atoms with van der Waals surface area (Å²) >= 11 is 0. The highest BCUT2D eigenvalue weighted by Crippen LogP contribution is 2.35. The summed E-state index contributed by atoms with van der Waals surface area (Å²) in [5, 5.41) is 3.10. The molecule has 2 unspecified atom stereocenters. The van der Waals surface area contributed by atoms with Crippen LogP contribution < -0.4 is 10.1 Å². The highest BCUT2D eigenvalue weighted by molar-refractivity contribution is 5.84. The Balaban J connectivity index is 1.83. The first-order valence-electron chi connectivity index (χ1n) is 8.72. The summed E-state index contributed by atoms with van der Waals surface area (Å²) in [6.45, 7) is 4.89. The number of hydrogen-bond donors (Lipinski definition) is 1. The number of rotatable bonds is 5. The third kappa shape index (κ3) is 3.55. The number of nitrogens with one attached hydrogen (secondary N) is 1. The van der Waals surface area contributed by atoms with E-state index >= 15 is 0 Å². The molecule has 2 amide bonds. The van der Waals surface area contributed by atoms with Gasteiger partial charge in [0.15, 0.2) is 0 Å². The highest BCUT2D eigenvalue weighted by Gasteiger charge is 2.42. The van der Waals surface area contributed by atoms with Crippen LogP contribution in [0, 0.1) is 11.8 Å². The first kappa shape index (κ1) is 16.8. The van der Waals surface area contributed by atoms with Crippen molar-refractivity contribution < 1.29 is 14.3 Å². The first-order chi connectivity index (χ1) is 11.5. The lowest BCUT2D eigenvalue weighted by atomic mass is 9.88. The molecule has 1 aromatic rings. The summed E-state index contributed by atoms with van der Waals surface area (Å²) in [5.41, 5.74) is 1.06. The van der Waals surface area contributed by atoms with Crippen molar-refractivity contribution in [1.29, 1.82) is 0 Å². The molecule has 1 heterocycles. The van der Waals surface area contributed by atoms with Gasteiger partial charge in [0.25, 0.3) is 0 Å². The summed E-state index contributed by atoms with van der Waals surface area (Å²) in [4.78, 5) is 26.9. The Hall–Kier alpha value is -2.04. The fourth-order valence-corrected chi connectivity index (χ4v) is 3.36. The van der Waals surface area contributed by atoms with E-state index in [1.54, 1.807) is 7.11 Å². The van der Waals surface area contributed by atoms with Crippen molar-refractivity contribution in [3.8, 4) is 5.75 Å². The van der Waals surface area contributed by atoms with Gasteiger partial charge in [-0.2, -0.15) is 0 Å². The molecule has 1 saturated carbocycles. The minimum atomic E-state index is -0.194. The third-order valence-corrected chi connectivity index (χ3v) is 4.91. The van der Waals surface area contributed by atoms with Crippen LogP contribution in [0.15, 0.2) is 24.3 Å². The molecular weight excluding hydrogens is 304 g/mol. The average Bonchev–Trinajstić information content (AvgIpc) is 3.28. The van der Waals surface area contributed by atoms with Gasteiger partial charge in [0.05, 0.1) is 13.0 Å². The van der Waals surface area contributed by atoms with Crippen LogP contribution in [0.3, 0.4) is 0 Å². The van der Waals surface area contributed by atoms with Crippen LogP contribution in [-0.2, 0) is 9.59 Å². The minimum absolute atomic E-state index is 0.0153. The van der Waals surface area contributed by atoms with E-state index in [-0.39, 0.29) is 29.6 Å². The number of nitrogens with zero attached hydrogens (tertiary/aromatic N) is 1. The van der Waals surface area contributed by atoms with Crippen molar-refractivity contribution in [2.45, 2.75) is 38.6 Å². The molecule has 3 rings (SSSR count). The topological polar surface area (TPSA) is 58.6 Å². The molecule has 24 heavy (non-hydrogen) atoms. The van der Waals surface area contributed by atoms with E-state index in [0.29, 0.717) is 19.1 Å². The van der Waals surface area contributed by atoms with Gasteiger partial charge < -0.3 is 15.0 Å². The van der Waals surface area contributed by atoms with Gasteiger partial charge in [0, 0.05) is 31.0 Å². The zero-order valence-corrected chi connectivity index (χ0v) is 14.6. The molecule has 130 valence electrons. The van der Waals surface area contributed by atoms with E-state index in [1.165, 1.54) is 0 Å². The SMILES string of the molecule is COc1cccc(C2CN(C(=O)C(C)C)CC2C(=O)NC2CC2)c1. The molecule has 0 radical (unpaired) electrons. The van der Waals surface area contributed by atoms with Crippen LogP contribution in [-0.4, -0.2) is 43.0 Å². The predicted molar refractivity (Wildman–Crippen MR) is 91.8 cm³/mol. The Morgan fingerprint density at radius 1 is 1.25 bits per heavy atom. The van der Waals surface area contributed by atoms with E-state index in [0.717, 1.165) is 24.2 Å².